The summed E-state index contributed by atoms with van der Waals surface area (Å²) in [5.74, 6) is -6.59. The molecule has 0 saturated carbocycles. The fourth-order valence-corrected chi connectivity index (χ4v) is 1.70. The average Bonchev–Trinajstić information content (AvgIpc) is 2.52. The van der Waals surface area contributed by atoms with E-state index in [0.717, 1.165) is 0 Å². The Morgan fingerprint density at radius 3 is 1.90 bits per heavy atom. The molecule has 0 aliphatic carbocycles. The molecule has 2 rings (SSSR count). The number of benzene rings is 1. The van der Waals surface area contributed by atoms with Gasteiger partial charge in [0.05, 0.1) is 0 Å². The first kappa shape index (κ1) is 14.0. The molecular weight excluding hydrogens is 270 g/mol. The van der Waals surface area contributed by atoms with E-state index in [1.807, 2.05) is 0 Å². The van der Waals surface area contributed by atoms with Crippen molar-refractivity contribution >= 4 is 17.8 Å². The molecule has 106 valence electrons. The summed E-state index contributed by atoms with van der Waals surface area (Å²) in [4.78, 5) is 34.8. The molecule has 0 spiro atoms. The van der Waals surface area contributed by atoms with E-state index in [1.165, 1.54) is 24.3 Å². The van der Waals surface area contributed by atoms with Crippen LogP contribution in [0, 0.1) is 0 Å². The van der Waals surface area contributed by atoms with Crippen molar-refractivity contribution in [3.05, 3.63) is 35.9 Å². The van der Waals surface area contributed by atoms with Crippen LogP contribution >= 0.6 is 0 Å². The normalized spacial score (nSPS) is 30.1. The Balaban J connectivity index is 2.56. The number of carbonyl (C=O) groups is 3. The average molecular weight is 281 g/mol. The maximum Gasteiger partial charge on any atom is 0.364 e. The minimum absolute atomic E-state index is 0.0181. The summed E-state index contributed by atoms with van der Waals surface area (Å²) in [6.45, 7) is 0. The first-order valence-corrected chi connectivity index (χ1v) is 5.56. The number of carbonyl (C=O) groups excluding carboxylic acids is 3. The molecule has 1 amide bonds. The van der Waals surface area contributed by atoms with E-state index >= 15 is 0 Å². The number of esters is 2. The van der Waals surface area contributed by atoms with Gasteiger partial charge in [0.2, 0.25) is 0 Å². The Hall–Kier alpha value is -2.45. The minimum atomic E-state index is -2.52. The van der Waals surface area contributed by atoms with Crippen molar-refractivity contribution in [2.24, 2.45) is 5.73 Å². The first-order chi connectivity index (χ1) is 9.38. The molecule has 1 fully saturated rings. The van der Waals surface area contributed by atoms with Crippen LogP contribution in [0.25, 0.3) is 0 Å². The fourth-order valence-electron chi connectivity index (χ4n) is 1.70. The topological polar surface area (TPSA) is 136 Å². The van der Waals surface area contributed by atoms with Gasteiger partial charge in [0.1, 0.15) is 0 Å². The number of ether oxygens (including phenoxy) is 2. The van der Waals surface area contributed by atoms with Crippen LogP contribution in [0.3, 0.4) is 0 Å². The number of nitrogens with two attached hydrogens (primary N) is 1. The summed E-state index contributed by atoms with van der Waals surface area (Å²) in [7, 11) is 0. The van der Waals surface area contributed by atoms with Gasteiger partial charge in [0.25, 0.3) is 0 Å². The van der Waals surface area contributed by atoms with Crippen LogP contribution in [-0.4, -0.2) is 40.3 Å². The Kier molecular flexibility index (Phi) is 3.43. The van der Waals surface area contributed by atoms with Gasteiger partial charge in [0.15, 0.2) is 12.2 Å². The first-order valence-electron chi connectivity index (χ1n) is 5.56. The van der Waals surface area contributed by atoms with Crippen LogP contribution in [0.5, 0.6) is 0 Å². The lowest BCUT2D eigenvalue weighted by atomic mass is 10.1. The van der Waals surface area contributed by atoms with Gasteiger partial charge in [-0.25, -0.2) is 9.59 Å². The third-order valence-electron chi connectivity index (χ3n) is 2.75. The third-order valence-corrected chi connectivity index (χ3v) is 2.75. The second-order valence-corrected chi connectivity index (χ2v) is 4.08. The maximum atomic E-state index is 11.6. The molecule has 20 heavy (non-hydrogen) atoms. The molecule has 8 heteroatoms. The highest BCUT2D eigenvalue weighted by molar-refractivity contribution is 5.94. The van der Waals surface area contributed by atoms with Gasteiger partial charge in [-0.3, -0.25) is 4.79 Å². The van der Waals surface area contributed by atoms with Gasteiger partial charge in [-0.1, -0.05) is 30.3 Å². The molecule has 1 aromatic rings. The molecule has 0 radical (unpaired) electrons. The summed E-state index contributed by atoms with van der Waals surface area (Å²) < 4.78 is 9.47. The molecule has 0 bridgehead atoms. The number of aliphatic hydroxyl groups excluding tert-OH is 2. The molecule has 1 aliphatic heterocycles. The summed E-state index contributed by atoms with van der Waals surface area (Å²) in [5, 5.41) is 18.8. The Morgan fingerprint density at radius 2 is 1.50 bits per heavy atom. The predicted octanol–water partition coefficient (Wildman–Crippen LogP) is -1.85. The van der Waals surface area contributed by atoms with Gasteiger partial charge in [-0.2, -0.15) is 0 Å². The van der Waals surface area contributed by atoms with E-state index in [-0.39, 0.29) is 5.56 Å². The van der Waals surface area contributed by atoms with Crippen molar-refractivity contribution < 1.29 is 34.1 Å². The number of cyclic esters (lactones) is 2. The number of rotatable bonds is 2. The number of hydrogen-bond donors (Lipinski definition) is 3. The van der Waals surface area contributed by atoms with Crippen molar-refractivity contribution in [1.82, 2.24) is 0 Å². The molecular formula is C12H11NO7. The zero-order chi connectivity index (χ0) is 14.9. The van der Waals surface area contributed by atoms with E-state index in [2.05, 4.69) is 0 Å². The van der Waals surface area contributed by atoms with E-state index in [1.54, 1.807) is 6.07 Å². The number of aliphatic hydroxyl groups is 2. The van der Waals surface area contributed by atoms with Gasteiger partial charge in [-0.05, 0) is 0 Å². The predicted molar refractivity (Wildman–Crippen MR) is 61.5 cm³/mol. The van der Waals surface area contributed by atoms with E-state index in [4.69, 9.17) is 15.2 Å². The quantitative estimate of drug-likeness (QED) is 0.541. The summed E-state index contributed by atoms with van der Waals surface area (Å²) in [6, 6.07) is 7.30. The zero-order valence-corrected chi connectivity index (χ0v) is 10.1. The largest absolute Gasteiger partial charge is 0.407 e. The van der Waals surface area contributed by atoms with Crippen molar-refractivity contribution in [3.8, 4) is 0 Å². The molecule has 2 atom stereocenters. The molecule has 8 nitrogen and oxygen atoms in total. The molecule has 1 saturated heterocycles. The Morgan fingerprint density at radius 1 is 1.05 bits per heavy atom. The van der Waals surface area contributed by atoms with Crippen LogP contribution in [0.1, 0.15) is 5.56 Å². The standard InChI is InChI=1S/C12H11NO7/c13-11(18)12(6-4-2-1-3-5-6)19-9(16)7(14)8(15)10(17)20-12/h1-5,7-8,14-15H,(H2,13,18). The molecule has 4 N–H and O–H groups in total. The van der Waals surface area contributed by atoms with Gasteiger partial charge >= 0.3 is 23.6 Å². The van der Waals surface area contributed by atoms with Gasteiger partial charge < -0.3 is 25.4 Å². The Labute approximate surface area is 112 Å². The lowest BCUT2D eigenvalue weighted by Gasteiger charge is -2.27. The molecule has 1 heterocycles. The van der Waals surface area contributed by atoms with Crippen LogP contribution in [0.15, 0.2) is 30.3 Å². The smallest absolute Gasteiger partial charge is 0.364 e. The maximum absolute atomic E-state index is 11.6. The molecule has 2 unspecified atom stereocenters. The summed E-state index contributed by atoms with van der Waals surface area (Å²) in [6.07, 6.45) is -4.32. The highest BCUT2D eigenvalue weighted by Gasteiger charge is 2.53. The van der Waals surface area contributed by atoms with Crippen LogP contribution in [-0.2, 0) is 29.6 Å². The van der Waals surface area contributed by atoms with Gasteiger partial charge in [-0.15, -0.1) is 0 Å². The van der Waals surface area contributed by atoms with Crippen molar-refractivity contribution in [1.29, 1.82) is 0 Å². The van der Waals surface area contributed by atoms with Crippen molar-refractivity contribution in [2.45, 2.75) is 18.0 Å². The second-order valence-electron chi connectivity index (χ2n) is 4.08. The third kappa shape index (κ3) is 2.10. The summed E-state index contributed by atoms with van der Waals surface area (Å²) >= 11 is 0. The van der Waals surface area contributed by atoms with Crippen molar-refractivity contribution in [3.63, 3.8) is 0 Å². The second kappa shape index (κ2) is 4.91. The van der Waals surface area contributed by atoms with Crippen molar-refractivity contribution in [2.75, 3.05) is 0 Å². The van der Waals surface area contributed by atoms with E-state index in [0.29, 0.717) is 0 Å². The van der Waals surface area contributed by atoms with Crippen LogP contribution in [0.2, 0.25) is 0 Å². The van der Waals surface area contributed by atoms with Crippen LogP contribution < -0.4 is 5.73 Å². The minimum Gasteiger partial charge on any atom is -0.407 e. The lowest BCUT2D eigenvalue weighted by Crippen LogP contribution is -2.47. The SMILES string of the molecule is NC(=O)C1(c2ccccc2)OC(=O)C(O)C(O)C(=O)O1. The fraction of sp³-hybridized carbons (Fsp3) is 0.250. The Bertz CT molecular complexity index is 534. The monoisotopic (exact) mass is 281 g/mol. The number of primary amides is 1. The number of amides is 1. The highest BCUT2D eigenvalue weighted by Crippen LogP contribution is 2.31. The zero-order valence-electron chi connectivity index (χ0n) is 10.1. The molecule has 0 aromatic heterocycles. The summed E-state index contributed by atoms with van der Waals surface area (Å²) in [5.41, 5.74) is 5.14. The van der Waals surface area contributed by atoms with Gasteiger partial charge in [0, 0.05) is 5.56 Å². The number of hydrogen-bond acceptors (Lipinski definition) is 7. The molecule has 1 aromatic carbocycles. The van der Waals surface area contributed by atoms with E-state index < -0.39 is 35.8 Å². The highest BCUT2D eigenvalue weighted by atomic mass is 16.8. The molecule has 1 aliphatic rings. The van der Waals surface area contributed by atoms with Crippen LogP contribution in [0.4, 0.5) is 0 Å². The van der Waals surface area contributed by atoms with E-state index in [9.17, 15) is 24.6 Å². The lowest BCUT2D eigenvalue weighted by molar-refractivity contribution is -0.226.